The molecule has 12 heteroatoms. The lowest BCUT2D eigenvalue weighted by Gasteiger charge is -2.08. The molecular formula is C14H12F3N7S2. The largest absolute Gasteiger partial charge is 0.416 e. The van der Waals surface area contributed by atoms with Crippen molar-refractivity contribution >= 4 is 28.2 Å². The van der Waals surface area contributed by atoms with E-state index in [-0.39, 0.29) is 0 Å². The molecule has 1 aliphatic carbocycles. The number of hydrogen-bond acceptors (Lipinski definition) is 8. The quantitative estimate of drug-likeness (QED) is 0.636. The molecule has 1 aromatic carbocycles. The Morgan fingerprint density at radius 1 is 1.15 bits per heavy atom. The first-order chi connectivity index (χ1) is 12.5. The van der Waals surface area contributed by atoms with E-state index in [1.54, 1.807) is 0 Å². The molecule has 0 amide bonds. The highest BCUT2D eigenvalue weighted by Gasteiger charge is 2.30. The average molecular weight is 399 g/mol. The molecule has 3 aromatic rings. The van der Waals surface area contributed by atoms with Gasteiger partial charge in [-0.1, -0.05) is 23.1 Å². The number of nitrogens with zero attached hydrogens (tertiary/aromatic N) is 6. The fourth-order valence-corrected chi connectivity index (χ4v) is 3.88. The van der Waals surface area contributed by atoms with Gasteiger partial charge in [0, 0.05) is 6.04 Å². The van der Waals surface area contributed by atoms with Gasteiger partial charge in [0.2, 0.25) is 5.13 Å². The molecule has 2 aromatic heterocycles. The standard InChI is InChI=1S/C14H12F3N7S2/c15-14(16,17)8-1-5-10(6-2-8)24-11(19-22-23-24)7-25-13-21-20-12(26-13)18-9-3-4-9/h1-2,5-6,9H,3-4,7H2,(H,18,20). The minimum Gasteiger partial charge on any atom is -0.357 e. The van der Waals surface area contributed by atoms with Crippen LogP contribution >= 0.6 is 23.1 Å². The second-order valence-electron chi connectivity index (χ2n) is 5.63. The van der Waals surface area contributed by atoms with E-state index in [0.29, 0.717) is 23.3 Å². The first-order valence-corrected chi connectivity index (χ1v) is 9.47. The van der Waals surface area contributed by atoms with Crippen molar-refractivity contribution < 1.29 is 13.2 Å². The van der Waals surface area contributed by atoms with E-state index in [0.717, 1.165) is 34.4 Å². The summed E-state index contributed by atoms with van der Waals surface area (Å²) in [7, 11) is 0. The summed E-state index contributed by atoms with van der Waals surface area (Å²) in [5.41, 5.74) is -0.248. The lowest BCUT2D eigenvalue weighted by Crippen LogP contribution is -2.06. The van der Waals surface area contributed by atoms with Gasteiger partial charge in [0.05, 0.1) is 17.0 Å². The van der Waals surface area contributed by atoms with Gasteiger partial charge in [0.1, 0.15) is 0 Å². The molecule has 7 nitrogen and oxygen atoms in total. The Hall–Kier alpha value is -2.21. The first-order valence-electron chi connectivity index (χ1n) is 7.67. The predicted octanol–water partition coefficient (Wildman–Crippen LogP) is 3.40. The number of aromatic nitrogens is 6. The number of benzene rings is 1. The molecule has 0 saturated heterocycles. The summed E-state index contributed by atoms with van der Waals surface area (Å²) in [6.07, 6.45) is -2.06. The van der Waals surface area contributed by atoms with Crippen molar-refractivity contribution in [1.29, 1.82) is 0 Å². The Morgan fingerprint density at radius 3 is 2.62 bits per heavy atom. The molecule has 1 saturated carbocycles. The summed E-state index contributed by atoms with van der Waals surface area (Å²) in [6.45, 7) is 0. The van der Waals surface area contributed by atoms with Crippen molar-refractivity contribution in [1.82, 2.24) is 30.4 Å². The van der Waals surface area contributed by atoms with Crippen LogP contribution in [0.15, 0.2) is 28.6 Å². The van der Waals surface area contributed by atoms with Crippen molar-refractivity contribution in [3.05, 3.63) is 35.7 Å². The maximum absolute atomic E-state index is 12.7. The molecule has 1 fully saturated rings. The van der Waals surface area contributed by atoms with E-state index in [2.05, 4.69) is 31.0 Å². The van der Waals surface area contributed by atoms with Crippen molar-refractivity contribution in [2.24, 2.45) is 0 Å². The topological polar surface area (TPSA) is 81.4 Å². The number of alkyl halides is 3. The molecule has 0 spiro atoms. The fourth-order valence-electron chi connectivity index (χ4n) is 2.14. The molecule has 4 rings (SSSR count). The predicted molar refractivity (Wildman–Crippen MR) is 90.3 cm³/mol. The van der Waals surface area contributed by atoms with Crippen LogP contribution in [-0.2, 0) is 11.9 Å². The smallest absolute Gasteiger partial charge is 0.357 e. The van der Waals surface area contributed by atoms with Crippen molar-refractivity contribution in [3.8, 4) is 5.69 Å². The van der Waals surface area contributed by atoms with E-state index in [1.807, 2.05) is 0 Å². The molecule has 0 bridgehead atoms. The van der Waals surface area contributed by atoms with Gasteiger partial charge in [-0.25, -0.2) is 0 Å². The van der Waals surface area contributed by atoms with Crippen LogP contribution < -0.4 is 5.32 Å². The Balaban J connectivity index is 1.44. The molecule has 2 heterocycles. The summed E-state index contributed by atoms with van der Waals surface area (Å²) in [5.74, 6) is 0.938. The minimum atomic E-state index is -4.37. The summed E-state index contributed by atoms with van der Waals surface area (Å²) < 4.78 is 40.2. The number of halogens is 3. The van der Waals surface area contributed by atoms with Gasteiger partial charge < -0.3 is 5.32 Å². The van der Waals surface area contributed by atoms with E-state index in [9.17, 15) is 13.2 Å². The number of hydrogen-bond donors (Lipinski definition) is 1. The monoisotopic (exact) mass is 399 g/mol. The third-order valence-electron chi connectivity index (χ3n) is 3.61. The zero-order chi connectivity index (χ0) is 18.1. The van der Waals surface area contributed by atoms with Crippen LogP contribution in [0.5, 0.6) is 0 Å². The van der Waals surface area contributed by atoms with Crippen LogP contribution in [-0.4, -0.2) is 36.4 Å². The molecule has 0 aliphatic heterocycles. The second kappa shape index (κ2) is 6.83. The van der Waals surface area contributed by atoms with E-state index in [1.165, 1.54) is 39.9 Å². The van der Waals surface area contributed by atoms with Crippen molar-refractivity contribution in [2.75, 3.05) is 5.32 Å². The molecular weight excluding hydrogens is 387 g/mol. The summed E-state index contributed by atoms with van der Waals surface area (Å²) in [4.78, 5) is 0. The number of nitrogens with one attached hydrogen (secondary N) is 1. The van der Waals surface area contributed by atoms with E-state index >= 15 is 0 Å². The Labute approximate surface area is 154 Å². The molecule has 1 aliphatic rings. The first kappa shape index (κ1) is 17.2. The van der Waals surface area contributed by atoms with Gasteiger partial charge in [-0.3, -0.25) is 0 Å². The van der Waals surface area contributed by atoms with Crippen LogP contribution in [0.3, 0.4) is 0 Å². The average Bonchev–Trinajstić information content (AvgIpc) is 3.11. The highest BCUT2D eigenvalue weighted by molar-refractivity contribution is 8.00. The maximum Gasteiger partial charge on any atom is 0.416 e. The van der Waals surface area contributed by atoms with Gasteiger partial charge in [-0.05, 0) is 47.5 Å². The SMILES string of the molecule is FC(F)(F)c1ccc(-n2nnnc2CSc2nnc(NC3CC3)s2)cc1. The highest BCUT2D eigenvalue weighted by Crippen LogP contribution is 2.32. The molecule has 1 N–H and O–H groups in total. The van der Waals surface area contributed by atoms with Crippen LogP contribution in [0.2, 0.25) is 0 Å². The molecule has 0 atom stereocenters. The number of rotatable bonds is 6. The van der Waals surface area contributed by atoms with Crippen molar-refractivity contribution in [3.63, 3.8) is 0 Å². The van der Waals surface area contributed by atoms with E-state index in [4.69, 9.17) is 0 Å². The van der Waals surface area contributed by atoms with Crippen LogP contribution in [0.4, 0.5) is 18.3 Å². The fraction of sp³-hybridized carbons (Fsp3) is 0.357. The molecule has 0 unspecified atom stereocenters. The van der Waals surface area contributed by atoms with Gasteiger partial charge in [-0.2, -0.15) is 17.9 Å². The van der Waals surface area contributed by atoms with Gasteiger partial charge >= 0.3 is 6.18 Å². The second-order valence-corrected chi connectivity index (χ2v) is 7.83. The summed E-state index contributed by atoms with van der Waals surface area (Å²) in [6, 6.07) is 5.21. The van der Waals surface area contributed by atoms with Gasteiger partial charge in [-0.15, -0.1) is 15.3 Å². The third kappa shape index (κ3) is 3.96. The van der Waals surface area contributed by atoms with Gasteiger partial charge in [0.15, 0.2) is 10.2 Å². The number of anilines is 1. The van der Waals surface area contributed by atoms with Crippen molar-refractivity contribution in [2.45, 2.75) is 35.2 Å². The number of thioether (sulfide) groups is 1. The van der Waals surface area contributed by atoms with Crippen LogP contribution in [0.25, 0.3) is 5.69 Å². The third-order valence-corrected chi connectivity index (χ3v) is 5.59. The molecule has 0 radical (unpaired) electrons. The number of tetrazole rings is 1. The lowest BCUT2D eigenvalue weighted by atomic mass is 10.2. The van der Waals surface area contributed by atoms with Crippen LogP contribution in [0.1, 0.15) is 24.2 Å². The molecule has 26 heavy (non-hydrogen) atoms. The Kier molecular flexibility index (Phi) is 4.53. The molecule has 136 valence electrons. The van der Waals surface area contributed by atoms with Gasteiger partial charge in [0.25, 0.3) is 0 Å². The minimum absolute atomic E-state index is 0.423. The lowest BCUT2D eigenvalue weighted by molar-refractivity contribution is -0.137. The zero-order valence-electron chi connectivity index (χ0n) is 13.1. The zero-order valence-corrected chi connectivity index (χ0v) is 14.8. The normalized spacial score (nSPS) is 14.6. The maximum atomic E-state index is 12.7. The Bertz CT molecular complexity index is 887. The summed E-state index contributed by atoms with van der Waals surface area (Å²) >= 11 is 2.88. The van der Waals surface area contributed by atoms with Crippen LogP contribution in [0, 0.1) is 0 Å². The summed E-state index contributed by atoms with van der Waals surface area (Å²) in [5, 5.41) is 23.7. The Morgan fingerprint density at radius 2 is 1.92 bits per heavy atom. The van der Waals surface area contributed by atoms with E-state index < -0.39 is 11.7 Å². The highest BCUT2D eigenvalue weighted by atomic mass is 32.2.